The minimum atomic E-state index is -3.95. The molecule has 0 saturated carbocycles. The number of aryl methyl sites for hydroxylation is 1. The number of halogens is 1. The molecule has 0 aliphatic carbocycles. The van der Waals surface area contributed by atoms with Crippen molar-refractivity contribution in [1.82, 2.24) is 0 Å². The third-order valence-corrected chi connectivity index (χ3v) is 5.43. The second kappa shape index (κ2) is 5.79. The average molecular weight is 390 g/mol. The summed E-state index contributed by atoms with van der Waals surface area (Å²) in [5.74, 6) is 0.234. The molecular weight excluding hydrogens is 379 g/mol. The summed E-state index contributed by atoms with van der Waals surface area (Å²) in [5.41, 5.74) is 0.865. The molecule has 0 radical (unpaired) electrons. The highest BCUT2D eigenvalue weighted by molar-refractivity contribution is 14.1. The minimum Gasteiger partial charge on any atom is -0.379 e. The first kappa shape index (κ1) is 14.1. The molecule has 0 atom stereocenters. The number of hydrogen-bond donors (Lipinski definition) is 0. The Morgan fingerprint density at radius 1 is 1.05 bits per heavy atom. The minimum absolute atomic E-state index is 0.0234. The van der Waals surface area contributed by atoms with E-state index >= 15 is 0 Å². The third-order valence-electron chi connectivity index (χ3n) is 2.39. The predicted molar refractivity (Wildman–Crippen MR) is 78.8 cm³/mol. The molecule has 2 rings (SSSR count). The molecule has 19 heavy (non-hydrogen) atoms. The Balaban J connectivity index is 2.43. The zero-order valence-corrected chi connectivity index (χ0v) is 13.0. The molecule has 0 amide bonds. The zero-order valence-electron chi connectivity index (χ0n) is 10.0. The molecule has 0 aliphatic heterocycles. The lowest BCUT2D eigenvalue weighted by molar-refractivity contribution is 0.485. The lowest BCUT2D eigenvalue weighted by atomic mass is 10.2. The highest BCUT2D eigenvalue weighted by Crippen LogP contribution is 2.25. The van der Waals surface area contributed by atoms with Crippen LogP contribution in [0.2, 0.25) is 0 Å². The highest BCUT2D eigenvalue weighted by Gasteiger charge is 2.21. The fourth-order valence-electron chi connectivity index (χ4n) is 1.52. The molecular formula is C13H11IO4S. The van der Waals surface area contributed by atoms with Gasteiger partial charge >= 0.3 is 10.1 Å². The summed E-state index contributed by atoms with van der Waals surface area (Å²) in [6.07, 6.45) is 0. The van der Waals surface area contributed by atoms with Crippen molar-refractivity contribution < 1.29 is 15.7 Å². The first-order valence-corrected chi connectivity index (χ1v) is 8.77. The Morgan fingerprint density at radius 2 is 1.74 bits per heavy atom. The van der Waals surface area contributed by atoms with Crippen LogP contribution in [-0.2, 0) is 13.2 Å². The van der Waals surface area contributed by atoms with E-state index in [1.54, 1.807) is 42.5 Å². The summed E-state index contributed by atoms with van der Waals surface area (Å²) >= 11 is -1.58. The van der Waals surface area contributed by atoms with Gasteiger partial charge in [0.1, 0.15) is 10.6 Å². The zero-order chi connectivity index (χ0) is 13.9. The Hall–Kier alpha value is -1.28. The van der Waals surface area contributed by atoms with E-state index in [4.69, 9.17) is 4.18 Å². The maximum Gasteiger partial charge on any atom is 0.340 e. The molecule has 4 nitrogen and oxygen atoms in total. The van der Waals surface area contributed by atoms with Gasteiger partial charge in [-0.2, -0.15) is 8.42 Å². The smallest absolute Gasteiger partial charge is 0.340 e. The Bertz CT molecular complexity index is 696. The van der Waals surface area contributed by atoms with Gasteiger partial charge in [-0.3, -0.25) is 3.07 Å². The van der Waals surface area contributed by atoms with E-state index in [1.807, 2.05) is 6.92 Å². The molecule has 0 N–H and O–H groups in total. The quantitative estimate of drug-likeness (QED) is 0.594. The van der Waals surface area contributed by atoms with E-state index in [1.165, 1.54) is 6.07 Å². The monoisotopic (exact) mass is 390 g/mol. The van der Waals surface area contributed by atoms with Crippen LogP contribution in [0.1, 0.15) is 5.56 Å². The van der Waals surface area contributed by atoms with E-state index in [9.17, 15) is 11.5 Å². The van der Waals surface area contributed by atoms with Crippen molar-refractivity contribution in [2.24, 2.45) is 0 Å². The van der Waals surface area contributed by atoms with Crippen LogP contribution in [0.3, 0.4) is 0 Å². The van der Waals surface area contributed by atoms with Crippen LogP contribution in [0.25, 0.3) is 0 Å². The number of rotatable bonds is 4. The maximum absolute atomic E-state index is 12.1. The molecule has 0 heterocycles. The number of para-hydroxylation sites is 1. The van der Waals surface area contributed by atoms with Crippen LogP contribution in [-0.4, -0.2) is 8.42 Å². The molecule has 0 aliphatic rings. The van der Waals surface area contributed by atoms with Crippen LogP contribution in [0.4, 0.5) is 0 Å². The molecule has 0 saturated heterocycles. The second-order valence-corrected chi connectivity index (χ2v) is 6.98. The first-order chi connectivity index (χ1) is 9.03. The van der Waals surface area contributed by atoms with Crippen molar-refractivity contribution in [2.75, 3.05) is 0 Å². The van der Waals surface area contributed by atoms with E-state index in [2.05, 4.69) is 0 Å². The number of hydrogen-bond acceptors (Lipinski definition) is 4. The van der Waals surface area contributed by atoms with E-state index in [-0.39, 0.29) is 10.6 Å². The molecule has 0 bridgehead atoms. The lowest BCUT2D eigenvalue weighted by Crippen LogP contribution is -2.11. The van der Waals surface area contributed by atoms with Gasteiger partial charge in [0.2, 0.25) is 0 Å². The van der Waals surface area contributed by atoms with Gasteiger partial charge in [0, 0.05) is 0 Å². The summed E-state index contributed by atoms with van der Waals surface area (Å²) in [7, 11) is -3.95. The topological polar surface area (TPSA) is 60.4 Å². The summed E-state index contributed by atoms with van der Waals surface area (Å²) < 4.78 is 40.8. The fraction of sp³-hybridized carbons (Fsp3) is 0.0769. The predicted octanol–water partition coefficient (Wildman–Crippen LogP) is 3.25. The molecule has 100 valence electrons. The standard InChI is InChI=1S/C13H11IO4S/c1-10-7-8-13(12(9-10)14-15)19(16,17)18-11-5-3-2-4-6-11/h2-9H,1H3. The SMILES string of the molecule is Cc1ccc(S(=O)(=O)Oc2ccccc2)c(I=O)c1. The lowest BCUT2D eigenvalue weighted by Gasteiger charge is -2.08. The van der Waals surface area contributed by atoms with Crippen molar-refractivity contribution in [3.05, 3.63) is 57.7 Å². The molecule has 0 unspecified atom stereocenters. The Kier molecular flexibility index (Phi) is 4.31. The maximum atomic E-state index is 12.1. The normalized spacial score (nSPS) is 11.2. The second-order valence-electron chi connectivity index (χ2n) is 3.86. The van der Waals surface area contributed by atoms with E-state index in [0.717, 1.165) is 5.56 Å². The molecule has 0 spiro atoms. The van der Waals surface area contributed by atoms with Gasteiger partial charge in [-0.15, -0.1) is 0 Å². The average Bonchev–Trinajstić information content (AvgIpc) is 2.38. The molecule has 0 fully saturated rings. The van der Waals surface area contributed by atoms with Crippen LogP contribution in [0.15, 0.2) is 53.4 Å². The van der Waals surface area contributed by atoms with Crippen LogP contribution >= 0.6 is 21.2 Å². The first-order valence-electron chi connectivity index (χ1n) is 5.40. The third kappa shape index (κ3) is 3.38. The van der Waals surface area contributed by atoms with Crippen LogP contribution < -0.4 is 4.18 Å². The van der Waals surface area contributed by atoms with Gasteiger partial charge in [-0.05, 0) is 36.8 Å². The van der Waals surface area contributed by atoms with Crippen LogP contribution in [0, 0.1) is 10.5 Å². The molecule has 2 aromatic rings. The van der Waals surface area contributed by atoms with Gasteiger partial charge in [-0.25, -0.2) is 0 Å². The van der Waals surface area contributed by atoms with Crippen molar-refractivity contribution >= 4 is 31.3 Å². The summed E-state index contributed by atoms with van der Waals surface area (Å²) in [6.45, 7) is 1.82. The van der Waals surface area contributed by atoms with E-state index < -0.39 is 31.3 Å². The Morgan fingerprint density at radius 3 is 2.37 bits per heavy atom. The largest absolute Gasteiger partial charge is 0.379 e. The summed E-state index contributed by atoms with van der Waals surface area (Å²) in [6, 6.07) is 12.9. The van der Waals surface area contributed by atoms with Crippen molar-refractivity contribution in [3.8, 4) is 5.75 Å². The summed E-state index contributed by atoms with van der Waals surface area (Å²) in [5, 5.41) is 0. The highest BCUT2D eigenvalue weighted by atomic mass is 127. The fourth-order valence-corrected chi connectivity index (χ4v) is 4.54. The molecule has 6 heteroatoms. The Labute approximate surface area is 122 Å². The van der Waals surface area contributed by atoms with Crippen molar-refractivity contribution in [3.63, 3.8) is 0 Å². The van der Waals surface area contributed by atoms with E-state index in [0.29, 0.717) is 3.57 Å². The van der Waals surface area contributed by atoms with Gasteiger partial charge in [0.05, 0.1) is 3.57 Å². The van der Waals surface area contributed by atoms with Crippen LogP contribution in [0.5, 0.6) is 5.75 Å². The van der Waals surface area contributed by atoms with Gasteiger partial charge in [0.25, 0.3) is 0 Å². The number of benzene rings is 2. The molecule has 0 aromatic heterocycles. The molecule has 2 aromatic carbocycles. The van der Waals surface area contributed by atoms with Gasteiger partial charge in [-0.1, -0.05) is 24.3 Å². The van der Waals surface area contributed by atoms with Crippen molar-refractivity contribution in [1.29, 1.82) is 0 Å². The van der Waals surface area contributed by atoms with Gasteiger partial charge in [0.15, 0.2) is 21.2 Å². The summed E-state index contributed by atoms with van der Waals surface area (Å²) in [4.78, 5) is -0.0234. The van der Waals surface area contributed by atoms with Gasteiger partial charge < -0.3 is 4.18 Å². The van der Waals surface area contributed by atoms with Crippen molar-refractivity contribution in [2.45, 2.75) is 11.8 Å².